The maximum atomic E-state index is 12.5. The summed E-state index contributed by atoms with van der Waals surface area (Å²) in [5.41, 5.74) is 0.862. The molecule has 29 heavy (non-hydrogen) atoms. The topological polar surface area (TPSA) is 108 Å². The van der Waals surface area contributed by atoms with Crippen LogP contribution in [0.1, 0.15) is 36.5 Å². The first-order valence-electron chi connectivity index (χ1n) is 9.92. The standard InChI is InChI=1S/C21H23NO7/c1-2-7-27-19(24)11-3-5-13(6-4-11)22-16(23)10-28-20(25)17-12-8-14-15(9-12)29-21(26)18(14)17/h3-6,12,14-15,17-18H,2,7-10H2,1H3,(H,22,23)/t12-,14+,15-,17-,18+/m1/s1. The molecule has 154 valence electrons. The van der Waals surface area contributed by atoms with Crippen molar-refractivity contribution in [1.82, 2.24) is 0 Å². The second kappa shape index (κ2) is 7.85. The van der Waals surface area contributed by atoms with E-state index in [1.165, 1.54) is 0 Å². The van der Waals surface area contributed by atoms with Gasteiger partial charge in [0.15, 0.2) is 6.61 Å². The van der Waals surface area contributed by atoms with Crippen molar-refractivity contribution < 1.29 is 33.4 Å². The summed E-state index contributed by atoms with van der Waals surface area (Å²) in [4.78, 5) is 48.3. The van der Waals surface area contributed by atoms with Crippen LogP contribution in [0.3, 0.4) is 0 Å². The molecular formula is C21H23NO7. The Hall–Kier alpha value is -2.90. The number of esters is 3. The lowest BCUT2D eigenvalue weighted by Crippen LogP contribution is -2.34. The largest absolute Gasteiger partial charge is 0.462 e. The van der Waals surface area contributed by atoms with Crippen LogP contribution in [0.2, 0.25) is 0 Å². The van der Waals surface area contributed by atoms with Crippen molar-refractivity contribution >= 4 is 29.5 Å². The third-order valence-electron chi connectivity index (χ3n) is 5.94. The van der Waals surface area contributed by atoms with Crippen molar-refractivity contribution in [1.29, 1.82) is 0 Å². The highest BCUT2D eigenvalue weighted by Crippen LogP contribution is 2.57. The summed E-state index contributed by atoms with van der Waals surface area (Å²) in [6.45, 7) is 1.83. The third-order valence-corrected chi connectivity index (χ3v) is 5.94. The van der Waals surface area contributed by atoms with Crippen molar-refractivity contribution in [2.75, 3.05) is 18.5 Å². The number of carbonyl (C=O) groups excluding carboxylic acids is 4. The zero-order chi connectivity index (χ0) is 20.5. The van der Waals surface area contributed by atoms with Crippen LogP contribution in [0.5, 0.6) is 0 Å². The summed E-state index contributed by atoms with van der Waals surface area (Å²) >= 11 is 0. The average Bonchev–Trinajstić information content (AvgIpc) is 3.33. The van der Waals surface area contributed by atoms with Gasteiger partial charge in [-0.05, 0) is 49.4 Å². The molecule has 0 spiro atoms. The van der Waals surface area contributed by atoms with Gasteiger partial charge >= 0.3 is 17.9 Å². The molecule has 5 atom stereocenters. The summed E-state index contributed by atoms with van der Waals surface area (Å²) < 4.78 is 15.5. The van der Waals surface area contributed by atoms with Gasteiger partial charge in [-0.3, -0.25) is 14.4 Å². The molecule has 2 aliphatic carbocycles. The fourth-order valence-electron chi connectivity index (χ4n) is 4.72. The van der Waals surface area contributed by atoms with Gasteiger partial charge in [-0.1, -0.05) is 6.92 Å². The number of amides is 1. The normalized spacial score (nSPS) is 28.7. The van der Waals surface area contributed by atoms with Crippen LogP contribution >= 0.6 is 0 Å². The Bertz CT molecular complexity index is 832. The lowest BCUT2D eigenvalue weighted by Gasteiger charge is -2.22. The molecule has 0 aromatic heterocycles. The lowest BCUT2D eigenvalue weighted by molar-refractivity contribution is -0.157. The van der Waals surface area contributed by atoms with E-state index in [-0.39, 0.29) is 23.9 Å². The maximum absolute atomic E-state index is 12.5. The van der Waals surface area contributed by atoms with Crippen molar-refractivity contribution in [2.45, 2.75) is 32.3 Å². The van der Waals surface area contributed by atoms with Gasteiger partial charge < -0.3 is 19.5 Å². The molecule has 2 saturated carbocycles. The zero-order valence-electron chi connectivity index (χ0n) is 16.1. The van der Waals surface area contributed by atoms with Gasteiger partial charge in [0.1, 0.15) is 6.10 Å². The number of nitrogens with one attached hydrogen (secondary N) is 1. The van der Waals surface area contributed by atoms with Crippen LogP contribution in [0.15, 0.2) is 24.3 Å². The minimum absolute atomic E-state index is 0.0490. The summed E-state index contributed by atoms with van der Waals surface area (Å²) in [7, 11) is 0. The van der Waals surface area contributed by atoms with Crippen molar-refractivity contribution in [3.63, 3.8) is 0 Å². The first-order valence-corrected chi connectivity index (χ1v) is 9.92. The molecule has 2 bridgehead atoms. The number of rotatable bonds is 7. The summed E-state index contributed by atoms with van der Waals surface area (Å²) in [5.74, 6) is -2.46. The number of ether oxygens (including phenoxy) is 3. The Balaban J connectivity index is 1.27. The third kappa shape index (κ3) is 3.71. The highest BCUT2D eigenvalue weighted by Gasteiger charge is 2.64. The molecular weight excluding hydrogens is 378 g/mol. The predicted molar refractivity (Wildman–Crippen MR) is 99.7 cm³/mol. The Labute approximate surface area is 167 Å². The van der Waals surface area contributed by atoms with Crippen molar-refractivity contribution in [3.05, 3.63) is 29.8 Å². The first-order chi connectivity index (χ1) is 14.0. The molecule has 1 N–H and O–H groups in total. The molecule has 3 fully saturated rings. The van der Waals surface area contributed by atoms with Gasteiger partial charge in [0.2, 0.25) is 0 Å². The zero-order valence-corrected chi connectivity index (χ0v) is 16.1. The molecule has 8 nitrogen and oxygen atoms in total. The van der Waals surface area contributed by atoms with Crippen LogP contribution in [0.25, 0.3) is 0 Å². The van der Waals surface area contributed by atoms with E-state index in [1.54, 1.807) is 24.3 Å². The Kier molecular flexibility index (Phi) is 5.25. The van der Waals surface area contributed by atoms with Crippen LogP contribution in [-0.2, 0) is 28.6 Å². The molecule has 1 aliphatic heterocycles. The van der Waals surface area contributed by atoms with Crippen molar-refractivity contribution in [3.8, 4) is 0 Å². The van der Waals surface area contributed by atoms with E-state index in [0.717, 1.165) is 12.8 Å². The molecule has 1 aromatic carbocycles. The molecule has 1 saturated heterocycles. The van der Waals surface area contributed by atoms with Gasteiger partial charge in [0, 0.05) is 11.6 Å². The summed E-state index contributed by atoms with van der Waals surface area (Å²) in [5, 5.41) is 2.61. The van der Waals surface area contributed by atoms with E-state index in [2.05, 4.69) is 5.32 Å². The maximum Gasteiger partial charge on any atom is 0.338 e. The minimum Gasteiger partial charge on any atom is -0.462 e. The SMILES string of the molecule is CCCOC(=O)c1ccc(NC(=O)COC(=O)[C@@H]2[C@@H]3C[C@@H]4[C@@H]2C(=O)O[C@@H]4C3)cc1. The summed E-state index contributed by atoms with van der Waals surface area (Å²) in [6.07, 6.45) is 2.20. The molecule has 0 unspecified atom stereocenters. The lowest BCUT2D eigenvalue weighted by atomic mass is 9.80. The molecule has 4 rings (SSSR count). The fourth-order valence-corrected chi connectivity index (χ4v) is 4.72. The van der Waals surface area contributed by atoms with Crippen LogP contribution in [-0.4, -0.2) is 43.1 Å². The van der Waals surface area contributed by atoms with Gasteiger partial charge in [-0.15, -0.1) is 0 Å². The Morgan fingerprint density at radius 3 is 2.62 bits per heavy atom. The monoisotopic (exact) mass is 401 g/mol. The number of fused-ring (bicyclic) bond motifs is 1. The molecule has 1 amide bonds. The van der Waals surface area contributed by atoms with Gasteiger partial charge in [0.05, 0.1) is 24.0 Å². The average molecular weight is 401 g/mol. The number of hydrogen-bond donors (Lipinski definition) is 1. The van der Waals surface area contributed by atoms with E-state index < -0.39 is 36.3 Å². The van der Waals surface area contributed by atoms with Gasteiger partial charge in [0.25, 0.3) is 5.91 Å². The first kappa shape index (κ1) is 19.4. The van der Waals surface area contributed by atoms with Gasteiger partial charge in [-0.25, -0.2) is 4.79 Å². The van der Waals surface area contributed by atoms with E-state index in [1.807, 2.05) is 6.92 Å². The molecule has 8 heteroatoms. The van der Waals surface area contributed by atoms with Crippen LogP contribution < -0.4 is 5.32 Å². The van der Waals surface area contributed by atoms with Crippen LogP contribution in [0.4, 0.5) is 5.69 Å². The quantitative estimate of drug-likeness (QED) is 0.549. The Morgan fingerprint density at radius 1 is 1.14 bits per heavy atom. The van der Waals surface area contributed by atoms with E-state index in [4.69, 9.17) is 14.2 Å². The highest BCUT2D eigenvalue weighted by molar-refractivity contribution is 5.95. The van der Waals surface area contributed by atoms with E-state index in [9.17, 15) is 19.2 Å². The second-order valence-electron chi connectivity index (χ2n) is 7.79. The predicted octanol–water partition coefficient (Wildman–Crippen LogP) is 1.93. The number of hydrogen-bond acceptors (Lipinski definition) is 7. The van der Waals surface area contributed by atoms with Gasteiger partial charge in [-0.2, -0.15) is 0 Å². The minimum atomic E-state index is -0.510. The van der Waals surface area contributed by atoms with E-state index >= 15 is 0 Å². The van der Waals surface area contributed by atoms with Crippen LogP contribution in [0, 0.1) is 23.7 Å². The number of carbonyl (C=O) groups is 4. The summed E-state index contributed by atoms with van der Waals surface area (Å²) in [6, 6.07) is 6.26. The smallest absolute Gasteiger partial charge is 0.338 e. The van der Waals surface area contributed by atoms with E-state index in [0.29, 0.717) is 24.3 Å². The van der Waals surface area contributed by atoms with Crippen molar-refractivity contribution in [2.24, 2.45) is 23.7 Å². The fraction of sp³-hybridized carbons (Fsp3) is 0.524. The molecule has 1 heterocycles. The highest BCUT2D eigenvalue weighted by atomic mass is 16.6. The second-order valence-corrected chi connectivity index (χ2v) is 7.79. The molecule has 1 aromatic rings. The molecule has 0 radical (unpaired) electrons. The number of anilines is 1. The molecule has 3 aliphatic rings. The number of benzene rings is 1. The Morgan fingerprint density at radius 2 is 1.90 bits per heavy atom.